The van der Waals surface area contributed by atoms with Crippen molar-refractivity contribution < 1.29 is 9.59 Å². The SMILES string of the molecule is O=CN1CCN(C(=O)c2ccccc2)C1=S. The fraction of sp³-hybridized carbons (Fsp3) is 0.182. The third-order valence-corrected chi connectivity index (χ3v) is 2.89. The second-order valence-corrected chi connectivity index (χ2v) is 3.77. The molecule has 0 spiro atoms. The van der Waals surface area contributed by atoms with E-state index in [1.54, 1.807) is 24.3 Å². The van der Waals surface area contributed by atoms with Crippen molar-refractivity contribution in [1.29, 1.82) is 0 Å². The summed E-state index contributed by atoms with van der Waals surface area (Å²) in [7, 11) is 0. The average molecular weight is 234 g/mol. The molecule has 0 atom stereocenters. The van der Waals surface area contributed by atoms with Gasteiger partial charge in [-0.05, 0) is 24.4 Å². The molecule has 1 fully saturated rings. The van der Waals surface area contributed by atoms with Gasteiger partial charge >= 0.3 is 0 Å². The molecule has 1 saturated heterocycles. The standard InChI is InChI=1S/C11H10N2O2S/c14-8-12-6-7-13(11(12)16)10(15)9-4-2-1-3-5-9/h1-5,8H,6-7H2. The molecule has 0 bridgehead atoms. The molecule has 0 aliphatic carbocycles. The van der Waals surface area contributed by atoms with Crippen molar-refractivity contribution in [3.8, 4) is 0 Å². The highest BCUT2D eigenvalue weighted by atomic mass is 32.1. The summed E-state index contributed by atoms with van der Waals surface area (Å²) in [6, 6.07) is 8.90. The lowest BCUT2D eigenvalue weighted by Gasteiger charge is -2.16. The lowest BCUT2D eigenvalue weighted by molar-refractivity contribution is -0.114. The largest absolute Gasteiger partial charge is 0.290 e. The summed E-state index contributed by atoms with van der Waals surface area (Å²) in [5.41, 5.74) is 0.581. The molecular weight excluding hydrogens is 224 g/mol. The van der Waals surface area contributed by atoms with Crippen LogP contribution in [0, 0.1) is 0 Å². The van der Waals surface area contributed by atoms with Crippen LogP contribution in [-0.2, 0) is 4.79 Å². The van der Waals surface area contributed by atoms with E-state index in [4.69, 9.17) is 12.2 Å². The highest BCUT2D eigenvalue weighted by Crippen LogP contribution is 2.12. The Kier molecular flexibility index (Phi) is 2.96. The van der Waals surface area contributed by atoms with Crippen LogP contribution < -0.4 is 0 Å². The van der Waals surface area contributed by atoms with Crippen LogP contribution in [0.5, 0.6) is 0 Å². The minimum absolute atomic E-state index is 0.157. The Balaban J connectivity index is 2.19. The van der Waals surface area contributed by atoms with Gasteiger partial charge in [0, 0.05) is 18.7 Å². The quantitative estimate of drug-likeness (QED) is 0.563. The molecule has 2 amide bonds. The molecule has 0 saturated carbocycles. The average Bonchev–Trinajstić information content (AvgIpc) is 2.70. The van der Waals surface area contributed by atoms with Crippen LogP contribution >= 0.6 is 12.2 Å². The molecule has 0 N–H and O–H groups in total. The maximum absolute atomic E-state index is 12.0. The van der Waals surface area contributed by atoms with Gasteiger partial charge in [0.1, 0.15) is 0 Å². The summed E-state index contributed by atoms with van der Waals surface area (Å²) in [5.74, 6) is -0.157. The lowest BCUT2D eigenvalue weighted by Crippen LogP contribution is -2.35. The van der Waals surface area contributed by atoms with Gasteiger partial charge in [-0.3, -0.25) is 19.4 Å². The topological polar surface area (TPSA) is 40.6 Å². The molecule has 82 valence electrons. The molecule has 1 aliphatic heterocycles. The van der Waals surface area contributed by atoms with Gasteiger partial charge in [0.15, 0.2) is 5.11 Å². The van der Waals surface area contributed by atoms with Gasteiger partial charge in [0.2, 0.25) is 6.41 Å². The molecule has 1 aromatic carbocycles. The highest BCUT2D eigenvalue weighted by molar-refractivity contribution is 7.80. The second kappa shape index (κ2) is 4.40. The van der Waals surface area contributed by atoms with E-state index < -0.39 is 0 Å². The van der Waals surface area contributed by atoms with E-state index in [2.05, 4.69) is 0 Å². The summed E-state index contributed by atoms with van der Waals surface area (Å²) in [4.78, 5) is 25.4. The smallest absolute Gasteiger partial charge is 0.260 e. The number of thiocarbonyl (C=S) groups is 1. The van der Waals surface area contributed by atoms with Crippen molar-refractivity contribution in [2.24, 2.45) is 0 Å². The van der Waals surface area contributed by atoms with Crippen molar-refractivity contribution in [1.82, 2.24) is 9.80 Å². The molecule has 1 aromatic rings. The number of nitrogens with zero attached hydrogens (tertiary/aromatic N) is 2. The number of rotatable bonds is 2. The minimum atomic E-state index is -0.157. The molecule has 16 heavy (non-hydrogen) atoms. The van der Waals surface area contributed by atoms with E-state index in [1.807, 2.05) is 6.07 Å². The Hall–Kier alpha value is -1.75. The van der Waals surface area contributed by atoms with E-state index >= 15 is 0 Å². The van der Waals surface area contributed by atoms with Crippen LogP contribution in [0.4, 0.5) is 0 Å². The van der Waals surface area contributed by atoms with Gasteiger partial charge in [-0.1, -0.05) is 18.2 Å². The number of benzene rings is 1. The minimum Gasteiger partial charge on any atom is -0.290 e. The maximum atomic E-state index is 12.0. The Morgan fingerprint density at radius 2 is 1.94 bits per heavy atom. The monoisotopic (exact) mass is 234 g/mol. The number of carbonyl (C=O) groups excluding carboxylic acids is 2. The highest BCUT2D eigenvalue weighted by Gasteiger charge is 2.29. The maximum Gasteiger partial charge on any atom is 0.260 e. The fourth-order valence-corrected chi connectivity index (χ4v) is 1.89. The molecule has 5 heteroatoms. The lowest BCUT2D eigenvalue weighted by atomic mass is 10.2. The number of amides is 2. The van der Waals surface area contributed by atoms with Crippen molar-refractivity contribution in [3.05, 3.63) is 35.9 Å². The summed E-state index contributed by atoms with van der Waals surface area (Å²) < 4.78 is 0. The predicted octanol–water partition coefficient (Wildman–Crippen LogP) is 0.886. The summed E-state index contributed by atoms with van der Waals surface area (Å²) in [5, 5.41) is 0.281. The van der Waals surface area contributed by atoms with E-state index in [1.165, 1.54) is 9.80 Å². The third-order valence-electron chi connectivity index (χ3n) is 2.43. The van der Waals surface area contributed by atoms with E-state index in [0.717, 1.165) is 0 Å². The van der Waals surface area contributed by atoms with Crippen LogP contribution in [0.25, 0.3) is 0 Å². The number of hydrogen-bond donors (Lipinski definition) is 0. The molecule has 1 aliphatic rings. The normalized spacial score (nSPS) is 15.4. The molecule has 0 radical (unpaired) electrons. The summed E-state index contributed by atoms with van der Waals surface area (Å²) >= 11 is 5.04. The molecule has 4 nitrogen and oxygen atoms in total. The second-order valence-electron chi connectivity index (χ2n) is 3.40. The van der Waals surface area contributed by atoms with Crippen LogP contribution in [0.15, 0.2) is 30.3 Å². The first-order valence-electron chi connectivity index (χ1n) is 4.87. The summed E-state index contributed by atoms with van der Waals surface area (Å²) in [6.07, 6.45) is 0.653. The van der Waals surface area contributed by atoms with Crippen LogP contribution in [0.3, 0.4) is 0 Å². The van der Waals surface area contributed by atoms with Gasteiger partial charge in [0.05, 0.1) is 0 Å². The number of hydrogen-bond acceptors (Lipinski definition) is 3. The molecule has 2 rings (SSSR count). The van der Waals surface area contributed by atoms with Crippen LogP contribution in [0.1, 0.15) is 10.4 Å². The van der Waals surface area contributed by atoms with Gasteiger partial charge in [0.25, 0.3) is 5.91 Å². The molecule has 0 aromatic heterocycles. The van der Waals surface area contributed by atoms with Gasteiger partial charge in [-0.15, -0.1) is 0 Å². The summed E-state index contributed by atoms with van der Waals surface area (Å²) in [6.45, 7) is 0.937. The Morgan fingerprint density at radius 3 is 2.50 bits per heavy atom. The molecular formula is C11H10N2O2S. The zero-order chi connectivity index (χ0) is 11.5. The fourth-order valence-electron chi connectivity index (χ4n) is 1.58. The van der Waals surface area contributed by atoms with Gasteiger partial charge < -0.3 is 0 Å². The van der Waals surface area contributed by atoms with Crippen LogP contribution in [0.2, 0.25) is 0 Å². The first kappa shape index (κ1) is 10.8. The Bertz CT molecular complexity index is 433. The van der Waals surface area contributed by atoms with Crippen molar-refractivity contribution in [3.63, 3.8) is 0 Å². The zero-order valence-electron chi connectivity index (χ0n) is 8.50. The molecule has 1 heterocycles. The predicted molar refractivity (Wildman–Crippen MR) is 62.8 cm³/mol. The molecule has 0 unspecified atom stereocenters. The van der Waals surface area contributed by atoms with E-state index in [9.17, 15) is 9.59 Å². The first-order valence-corrected chi connectivity index (χ1v) is 5.27. The number of carbonyl (C=O) groups is 2. The third kappa shape index (κ3) is 1.81. The van der Waals surface area contributed by atoms with Crippen molar-refractivity contribution in [2.45, 2.75) is 0 Å². The van der Waals surface area contributed by atoms with Gasteiger partial charge in [-0.25, -0.2) is 0 Å². The Labute approximate surface area is 98.5 Å². The van der Waals surface area contributed by atoms with Crippen molar-refractivity contribution >= 4 is 29.6 Å². The van der Waals surface area contributed by atoms with Gasteiger partial charge in [-0.2, -0.15) is 0 Å². The first-order chi connectivity index (χ1) is 7.74. The van der Waals surface area contributed by atoms with Crippen molar-refractivity contribution in [2.75, 3.05) is 13.1 Å². The zero-order valence-corrected chi connectivity index (χ0v) is 9.31. The Morgan fingerprint density at radius 1 is 1.25 bits per heavy atom. The van der Waals surface area contributed by atoms with E-state index in [-0.39, 0.29) is 11.0 Å². The van der Waals surface area contributed by atoms with Crippen LogP contribution in [-0.4, -0.2) is 40.3 Å². The van der Waals surface area contributed by atoms with E-state index in [0.29, 0.717) is 25.1 Å².